The van der Waals surface area contributed by atoms with Crippen molar-refractivity contribution in [3.8, 4) is 0 Å². The number of carboxylic acids is 1. The molecule has 0 saturated heterocycles. The van der Waals surface area contributed by atoms with Gasteiger partial charge in [0.15, 0.2) is 0 Å². The van der Waals surface area contributed by atoms with E-state index in [1.165, 1.54) is 11.3 Å². The number of carbonyl (C=O) groups excluding carboxylic acids is 1. The summed E-state index contributed by atoms with van der Waals surface area (Å²) in [6.07, 6.45) is -0.836. The molecule has 1 aromatic rings. The van der Waals surface area contributed by atoms with Crippen LogP contribution in [-0.2, 0) is 9.53 Å². The number of hydrogen-bond acceptors (Lipinski definition) is 7. The molecule has 10 heteroatoms. The highest BCUT2D eigenvalue weighted by atomic mass is 32.2. The highest BCUT2D eigenvalue weighted by Crippen LogP contribution is 2.32. The molecule has 0 saturated carbocycles. The van der Waals surface area contributed by atoms with Gasteiger partial charge in [-0.3, -0.25) is 10.1 Å². The lowest BCUT2D eigenvalue weighted by molar-refractivity contribution is -0.479. The summed E-state index contributed by atoms with van der Waals surface area (Å²) in [7, 11) is 0. The molecule has 0 bridgehead atoms. The standard InChI is InChI=1S/C14H20N2O6S2/c1-14(2,3)22-13(19)15-9(12(17)18)8-24-11(7-16(20)21)10-5-4-6-23-10/h4-6,9,11H,7-8H2,1-3H3,(H,15,19)(H,17,18)/t9-,11-/m0/s1. The lowest BCUT2D eigenvalue weighted by Gasteiger charge is -2.22. The van der Waals surface area contributed by atoms with Gasteiger partial charge < -0.3 is 15.2 Å². The zero-order chi connectivity index (χ0) is 18.3. The first-order valence-electron chi connectivity index (χ1n) is 7.07. The lowest BCUT2D eigenvalue weighted by atomic mass is 10.2. The number of carboxylic acid groups (broad SMARTS) is 1. The molecule has 0 unspecified atom stereocenters. The van der Waals surface area contributed by atoms with E-state index in [4.69, 9.17) is 4.74 Å². The summed E-state index contributed by atoms with van der Waals surface area (Å²) in [6, 6.07) is 2.35. The van der Waals surface area contributed by atoms with Crippen molar-refractivity contribution in [3.63, 3.8) is 0 Å². The fourth-order valence-electron chi connectivity index (χ4n) is 1.67. The highest BCUT2D eigenvalue weighted by molar-refractivity contribution is 7.99. The molecular formula is C14H20N2O6S2. The Labute approximate surface area is 147 Å². The third kappa shape index (κ3) is 7.64. The van der Waals surface area contributed by atoms with Crippen LogP contribution < -0.4 is 5.32 Å². The largest absolute Gasteiger partial charge is 0.480 e. The minimum atomic E-state index is -1.22. The van der Waals surface area contributed by atoms with Crippen molar-refractivity contribution >= 4 is 35.2 Å². The number of nitrogens with one attached hydrogen (secondary N) is 1. The minimum Gasteiger partial charge on any atom is -0.480 e. The van der Waals surface area contributed by atoms with E-state index in [0.29, 0.717) is 0 Å². The molecule has 134 valence electrons. The van der Waals surface area contributed by atoms with Gasteiger partial charge in [0.1, 0.15) is 16.9 Å². The summed E-state index contributed by atoms with van der Waals surface area (Å²) >= 11 is 2.49. The van der Waals surface area contributed by atoms with Crippen molar-refractivity contribution in [1.82, 2.24) is 5.32 Å². The predicted octanol–water partition coefficient (Wildman–Crippen LogP) is 2.78. The molecule has 24 heavy (non-hydrogen) atoms. The van der Waals surface area contributed by atoms with Crippen molar-refractivity contribution in [1.29, 1.82) is 0 Å². The summed E-state index contributed by atoms with van der Waals surface area (Å²) in [6.45, 7) is 4.69. The van der Waals surface area contributed by atoms with Gasteiger partial charge in [0, 0.05) is 15.6 Å². The quantitative estimate of drug-likeness (QED) is 0.529. The van der Waals surface area contributed by atoms with Crippen LogP contribution >= 0.6 is 23.1 Å². The first-order valence-corrected chi connectivity index (χ1v) is 9.00. The number of rotatable bonds is 8. The maximum absolute atomic E-state index is 11.7. The van der Waals surface area contributed by atoms with Crippen LogP contribution in [0.25, 0.3) is 0 Å². The average Bonchev–Trinajstić information content (AvgIpc) is 2.92. The van der Waals surface area contributed by atoms with E-state index in [9.17, 15) is 24.8 Å². The summed E-state index contributed by atoms with van der Waals surface area (Å²) in [5.74, 6) is -1.23. The zero-order valence-corrected chi connectivity index (χ0v) is 15.2. The number of nitrogens with zero attached hydrogens (tertiary/aromatic N) is 1. The van der Waals surface area contributed by atoms with Crippen molar-refractivity contribution in [2.75, 3.05) is 12.3 Å². The Kier molecular flexibility index (Phi) is 7.49. The Morgan fingerprint density at radius 3 is 2.62 bits per heavy atom. The Balaban J connectivity index is 2.68. The fraction of sp³-hybridized carbons (Fsp3) is 0.571. The Bertz CT molecular complexity index is 570. The van der Waals surface area contributed by atoms with Gasteiger partial charge in [-0.05, 0) is 32.2 Å². The number of hydrogen-bond donors (Lipinski definition) is 2. The number of nitro groups is 1. The number of amides is 1. The first kappa shape index (κ1) is 20.2. The van der Waals surface area contributed by atoms with E-state index >= 15 is 0 Å². The third-order valence-corrected chi connectivity index (χ3v) is 5.09. The SMILES string of the molecule is CC(C)(C)OC(=O)N[C@@H](CS[C@@H](C[N+](=O)[O-])c1cccs1)C(=O)O. The van der Waals surface area contributed by atoms with Crippen LogP contribution in [0.1, 0.15) is 30.9 Å². The number of carbonyl (C=O) groups is 2. The molecule has 0 radical (unpaired) electrons. The summed E-state index contributed by atoms with van der Waals surface area (Å²) < 4.78 is 5.03. The van der Waals surface area contributed by atoms with Crippen LogP contribution in [0.4, 0.5) is 4.79 Å². The van der Waals surface area contributed by atoms with E-state index in [2.05, 4.69) is 5.32 Å². The number of aliphatic carboxylic acids is 1. The van der Waals surface area contributed by atoms with Crippen molar-refractivity contribution in [2.24, 2.45) is 0 Å². The van der Waals surface area contributed by atoms with E-state index < -0.39 is 33.9 Å². The monoisotopic (exact) mass is 376 g/mol. The molecule has 1 rings (SSSR count). The molecule has 1 heterocycles. The number of thioether (sulfide) groups is 1. The van der Waals surface area contributed by atoms with Gasteiger partial charge in [-0.15, -0.1) is 23.1 Å². The number of thiophene rings is 1. The van der Waals surface area contributed by atoms with Crippen LogP contribution in [-0.4, -0.2) is 46.0 Å². The molecule has 1 amide bonds. The molecule has 0 aliphatic heterocycles. The maximum atomic E-state index is 11.7. The molecule has 2 atom stereocenters. The minimum absolute atomic E-state index is 0.00895. The van der Waals surface area contributed by atoms with Gasteiger partial charge in [-0.2, -0.15) is 0 Å². The van der Waals surface area contributed by atoms with Gasteiger partial charge in [0.25, 0.3) is 0 Å². The van der Waals surface area contributed by atoms with Crippen molar-refractivity contribution in [3.05, 3.63) is 32.5 Å². The second-order valence-electron chi connectivity index (χ2n) is 5.89. The van der Waals surface area contributed by atoms with Crippen LogP contribution in [0.5, 0.6) is 0 Å². The highest BCUT2D eigenvalue weighted by Gasteiger charge is 2.27. The van der Waals surface area contributed by atoms with Gasteiger partial charge in [-0.25, -0.2) is 9.59 Å². The zero-order valence-electron chi connectivity index (χ0n) is 13.6. The van der Waals surface area contributed by atoms with Crippen LogP contribution in [0.3, 0.4) is 0 Å². The average molecular weight is 376 g/mol. The van der Waals surface area contributed by atoms with E-state index in [-0.39, 0.29) is 12.3 Å². The normalized spacial score (nSPS) is 13.8. The fourth-order valence-corrected chi connectivity index (χ4v) is 3.86. The topological polar surface area (TPSA) is 119 Å². The van der Waals surface area contributed by atoms with Gasteiger partial charge >= 0.3 is 12.1 Å². The van der Waals surface area contributed by atoms with E-state index in [0.717, 1.165) is 16.6 Å². The molecule has 0 spiro atoms. The summed E-state index contributed by atoms with van der Waals surface area (Å²) in [5, 5.41) is 23.7. The van der Waals surface area contributed by atoms with Crippen molar-refractivity contribution in [2.45, 2.75) is 37.7 Å². The second-order valence-corrected chi connectivity index (χ2v) is 8.10. The van der Waals surface area contributed by atoms with Crippen molar-refractivity contribution < 1.29 is 24.4 Å². The molecule has 0 aliphatic carbocycles. The van der Waals surface area contributed by atoms with Crippen LogP contribution in [0, 0.1) is 10.1 Å². The molecule has 0 aliphatic rings. The predicted molar refractivity (Wildman–Crippen MR) is 92.2 cm³/mol. The summed E-state index contributed by atoms with van der Waals surface area (Å²) in [4.78, 5) is 34.2. The Morgan fingerprint density at radius 1 is 1.50 bits per heavy atom. The van der Waals surface area contributed by atoms with Gasteiger partial charge in [0.2, 0.25) is 6.54 Å². The second kappa shape index (κ2) is 8.88. The van der Waals surface area contributed by atoms with E-state index in [1.807, 2.05) is 0 Å². The molecule has 0 aromatic carbocycles. The molecule has 8 nitrogen and oxygen atoms in total. The van der Waals surface area contributed by atoms with Gasteiger partial charge in [0.05, 0.1) is 0 Å². The Morgan fingerprint density at radius 2 is 2.17 bits per heavy atom. The van der Waals surface area contributed by atoms with Crippen LogP contribution in [0.15, 0.2) is 17.5 Å². The lowest BCUT2D eigenvalue weighted by Crippen LogP contribution is -2.45. The number of alkyl carbamates (subject to hydrolysis) is 1. The van der Waals surface area contributed by atoms with Gasteiger partial charge in [-0.1, -0.05) is 6.07 Å². The molecule has 1 aromatic heterocycles. The van der Waals surface area contributed by atoms with Crippen LogP contribution in [0.2, 0.25) is 0 Å². The summed E-state index contributed by atoms with van der Waals surface area (Å²) in [5.41, 5.74) is -0.745. The maximum Gasteiger partial charge on any atom is 0.408 e. The molecular weight excluding hydrogens is 356 g/mol. The Hall–Kier alpha value is -1.81. The molecule has 2 N–H and O–H groups in total. The van der Waals surface area contributed by atoms with E-state index in [1.54, 1.807) is 38.3 Å². The number of ether oxygens (including phenoxy) is 1. The first-order chi connectivity index (χ1) is 11.1. The smallest absolute Gasteiger partial charge is 0.408 e. The third-order valence-electron chi connectivity index (χ3n) is 2.63. The molecule has 0 fully saturated rings.